The van der Waals surface area contributed by atoms with Gasteiger partial charge in [-0.15, -0.1) is 0 Å². The van der Waals surface area contributed by atoms with Crippen molar-refractivity contribution in [2.75, 3.05) is 25.5 Å². The number of hydrogen-bond acceptors (Lipinski definition) is 3. The lowest BCUT2D eigenvalue weighted by molar-refractivity contribution is -0.123. The normalized spacial score (nSPS) is 12.1. The van der Waals surface area contributed by atoms with Crippen LogP contribution in [0.4, 0.5) is 5.69 Å². The van der Waals surface area contributed by atoms with Gasteiger partial charge in [-0.2, -0.15) is 0 Å². The van der Waals surface area contributed by atoms with E-state index in [2.05, 4.69) is 10.6 Å². The molecule has 2 N–H and O–H groups in total. The van der Waals surface area contributed by atoms with Crippen molar-refractivity contribution in [2.24, 2.45) is 0 Å². The van der Waals surface area contributed by atoms with Crippen molar-refractivity contribution in [3.05, 3.63) is 28.8 Å². The summed E-state index contributed by atoms with van der Waals surface area (Å²) in [5, 5.41) is 5.85. The van der Waals surface area contributed by atoms with Gasteiger partial charge in [-0.25, -0.2) is 0 Å². The van der Waals surface area contributed by atoms with Gasteiger partial charge in [0.25, 0.3) is 0 Å². The summed E-state index contributed by atoms with van der Waals surface area (Å²) in [4.78, 5) is 25.7. The molecule has 0 aliphatic carbocycles. The van der Waals surface area contributed by atoms with Crippen LogP contribution in [0.5, 0.6) is 0 Å². The molecule has 0 spiro atoms. The van der Waals surface area contributed by atoms with Crippen LogP contribution in [0.25, 0.3) is 0 Å². The number of nitrogens with one attached hydrogen (secondary N) is 2. The molecular weight excluding hydrogens is 290 g/mol. The molecule has 0 heterocycles. The number of benzene rings is 1. The Labute approximate surface area is 139 Å². The number of nitrogens with zero attached hydrogens (tertiary/aromatic N) is 1. The summed E-state index contributed by atoms with van der Waals surface area (Å²) in [6.45, 7) is 10.4. The van der Waals surface area contributed by atoms with Crippen LogP contribution < -0.4 is 10.6 Å². The molecule has 23 heavy (non-hydrogen) atoms. The van der Waals surface area contributed by atoms with Crippen LogP contribution >= 0.6 is 0 Å². The second kappa shape index (κ2) is 8.67. The second-order valence-electron chi connectivity index (χ2n) is 6.37. The van der Waals surface area contributed by atoms with Gasteiger partial charge in [0.15, 0.2) is 0 Å². The molecule has 128 valence electrons. The number of amides is 2. The smallest absolute Gasteiger partial charge is 0.238 e. The average Bonchev–Trinajstić information content (AvgIpc) is 2.42. The number of likely N-dealkylation sites (N-methyl/N-ethyl adjacent to an activating group) is 1. The molecule has 2 amide bonds. The third-order valence-corrected chi connectivity index (χ3v) is 3.79. The fourth-order valence-electron chi connectivity index (χ4n) is 2.52. The molecule has 5 heteroatoms. The molecule has 0 saturated heterocycles. The molecule has 0 aromatic heterocycles. The van der Waals surface area contributed by atoms with E-state index in [1.165, 1.54) is 5.56 Å². The third-order valence-electron chi connectivity index (χ3n) is 3.79. The summed E-state index contributed by atoms with van der Waals surface area (Å²) >= 11 is 0. The standard InChI is InChI=1S/C18H29N3O2/c1-7-15(5)19-16(22)10-21(6)11-17(23)20-18-13(3)8-12(2)9-14(18)4/h8-9,15H,7,10-11H2,1-6H3,(H,19,22)(H,20,23)/t15-/m0/s1. The highest BCUT2D eigenvalue weighted by Gasteiger charge is 2.13. The molecule has 1 aromatic carbocycles. The summed E-state index contributed by atoms with van der Waals surface area (Å²) in [6.07, 6.45) is 0.891. The summed E-state index contributed by atoms with van der Waals surface area (Å²) in [5.41, 5.74) is 4.14. The van der Waals surface area contributed by atoms with Crippen LogP contribution in [0.3, 0.4) is 0 Å². The van der Waals surface area contributed by atoms with Crippen molar-refractivity contribution >= 4 is 17.5 Å². The number of rotatable bonds is 7. The SMILES string of the molecule is CC[C@H](C)NC(=O)CN(C)CC(=O)Nc1c(C)cc(C)cc1C. The van der Waals surface area contributed by atoms with Gasteiger partial charge in [0, 0.05) is 11.7 Å². The summed E-state index contributed by atoms with van der Waals surface area (Å²) in [5.74, 6) is -0.170. The zero-order valence-electron chi connectivity index (χ0n) is 15.1. The summed E-state index contributed by atoms with van der Waals surface area (Å²) < 4.78 is 0. The first kappa shape index (κ1) is 19.2. The van der Waals surface area contributed by atoms with Crippen molar-refractivity contribution in [1.82, 2.24) is 10.2 Å². The molecule has 1 aromatic rings. The molecule has 0 unspecified atom stereocenters. The van der Waals surface area contributed by atoms with Gasteiger partial charge >= 0.3 is 0 Å². The van der Waals surface area contributed by atoms with E-state index in [4.69, 9.17) is 0 Å². The van der Waals surface area contributed by atoms with Crippen LogP contribution in [0.1, 0.15) is 37.0 Å². The van der Waals surface area contributed by atoms with Gasteiger partial charge < -0.3 is 10.6 Å². The van der Waals surface area contributed by atoms with Crippen molar-refractivity contribution in [2.45, 2.75) is 47.1 Å². The predicted molar refractivity (Wildman–Crippen MR) is 94.7 cm³/mol. The van der Waals surface area contributed by atoms with Crippen molar-refractivity contribution in [1.29, 1.82) is 0 Å². The van der Waals surface area contributed by atoms with Crippen molar-refractivity contribution in [3.8, 4) is 0 Å². The Kier molecular flexibility index (Phi) is 7.23. The van der Waals surface area contributed by atoms with Crippen LogP contribution in [-0.4, -0.2) is 42.9 Å². The van der Waals surface area contributed by atoms with Crippen LogP contribution in [0.15, 0.2) is 12.1 Å². The number of carbonyl (C=O) groups is 2. The van der Waals surface area contributed by atoms with Crippen molar-refractivity contribution < 1.29 is 9.59 Å². The predicted octanol–water partition coefficient (Wildman–Crippen LogP) is 2.40. The van der Waals surface area contributed by atoms with E-state index >= 15 is 0 Å². The van der Waals surface area contributed by atoms with Gasteiger partial charge in [-0.3, -0.25) is 14.5 Å². The van der Waals surface area contributed by atoms with Crippen molar-refractivity contribution in [3.63, 3.8) is 0 Å². The molecule has 0 fully saturated rings. The number of hydrogen-bond donors (Lipinski definition) is 2. The van der Waals surface area contributed by atoms with E-state index < -0.39 is 0 Å². The van der Waals surface area contributed by atoms with E-state index in [1.54, 1.807) is 11.9 Å². The Morgan fingerprint density at radius 1 is 1.09 bits per heavy atom. The molecule has 0 aliphatic rings. The van der Waals surface area contributed by atoms with E-state index in [-0.39, 0.29) is 30.9 Å². The van der Waals surface area contributed by atoms with Crippen LogP contribution in [0, 0.1) is 20.8 Å². The van der Waals surface area contributed by atoms with E-state index in [9.17, 15) is 9.59 Å². The Hall–Kier alpha value is -1.88. The van der Waals surface area contributed by atoms with Gasteiger partial charge in [0.05, 0.1) is 13.1 Å². The van der Waals surface area contributed by atoms with E-state index in [1.807, 2.05) is 46.8 Å². The Morgan fingerprint density at radius 3 is 2.13 bits per heavy atom. The first-order valence-electron chi connectivity index (χ1n) is 8.08. The first-order valence-corrected chi connectivity index (χ1v) is 8.08. The zero-order valence-corrected chi connectivity index (χ0v) is 15.1. The van der Waals surface area contributed by atoms with Gasteiger partial charge in [0.1, 0.15) is 0 Å². The quantitative estimate of drug-likeness (QED) is 0.811. The summed E-state index contributed by atoms with van der Waals surface area (Å²) in [7, 11) is 1.77. The second-order valence-corrected chi connectivity index (χ2v) is 6.37. The average molecular weight is 319 g/mol. The molecular formula is C18H29N3O2. The van der Waals surface area contributed by atoms with E-state index in [0.29, 0.717) is 0 Å². The van der Waals surface area contributed by atoms with Gasteiger partial charge in [-0.1, -0.05) is 24.6 Å². The maximum absolute atomic E-state index is 12.2. The molecule has 0 aliphatic heterocycles. The molecule has 1 rings (SSSR count). The number of carbonyl (C=O) groups excluding carboxylic acids is 2. The van der Waals surface area contributed by atoms with Crippen LogP contribution in [-0.2, 0) is 9.59 Å². The molecule has 5 nitrogen and oxygen atoms in total. The Bertz CT molecular complexity index is 546. The van der Waals surface area contributed by atoms with Gasteiger partial charge in [0.2, 0.25) is 11.8 Å². The highest BCUT2D eigenvalue weighted by molar-refractivity contribution is 5.94. The minimum Gasteiger partial charge on any atom is -0.353 e. The topological polar surface area (TPSA) is 61.4 Å². The molecule has 0 bridgehead atoms. The Balaban J connectivity index is 2.55. The van der Waals surface area contributed by atoms with Crippen LogP contribution in [0.2, 0.25) is 0 Å². The Morgan fingerprint density at radius 2 is 1.61 bits per heavy atom. The molecule has 1 atom stereocenters. The lowest BCUT2D eigenvalue weighted by atomic mass is 10.1. The highest BCUT2D eigenvalue weighted by atomic mass is 16.2. The largest absolute Gasteiger partial charge is 0.353 e. The molecule has 0 radical (unpaired) electrons. The fraction of sp³-hybridized carbons (Fsp3) is 0.556. The lowest BCUT2D eigenvalue weighted by Crippen LogP contribution is -2.41. The number of anilines is 1. The fourth-order valence-corrected chi connectivity index (χ4v) is 2.52. The monoisotopic (exact) mass is 319 g/mol. The minimum absolute atomic E-state index is 0.0580. The van der Waals surface area contributed by atoms with Gasteiger partial charge in [-0.05, 0) is 52.3 Å². The maximum Gasteiger partial charge on any atom is 0.238 e. The highest BCUT2D eigenvalue weighted by Crippen LogP contribution is 2.21. The lowest BCUT2D eigenvalue weighted by Gasteiger charge is -2.19. The third kappa shape index (κ3) is 6.40. The summed E-state index contributed by atoms with van der Waals surface area (Å²) in [6, 6.07) is 4.25. The molecule has 0 saturated carbocycles. The number of aryl methyl sites for hydroxylation is 3. The zero-order chi connectivity index (χ0) is 17.6. The first-order chi connectivity index (χ1) is 10.7. The maximum atomic E-state index is 12.2. The minimum atomic E-state index is -0.112. The van der Waals surface area contributed by atoms with E-state index in [0.717, 1.165) is 23.2 Å².